The molecule has 0 spiro atoms. The molecule has 2 nitrogen and oxygen atoms in total. The second-order valence-corrected chi connectivity index (χ2v) is 4.25. The van der Waals surface area contributed by atoms with Crippen molar-refractivity contribution in [1.82, 2.24) is 0 Å². The van der Waals surface area contributed by atoms with E-state index in [-0.39, 0.29) is 11.4 Å². The molecule has 1 saturated carbocycles. The highest BCUT2D eigenvalue weighted by molar-refractivity contribution is 5.76. The molecule has 2 atom stereocenters. The van der Waals surface area contributed by atoms with Crippen LogP contribution in [0.5, 0.6) is 0 Å². The van der Waals surface area contributed by atoms with Gasteiger partial charge in [0, 0.05) is 0 Å². The third-order valence-electron chi connectivity index (χ3n) is 2.90. The number of hydrogen-bond donors (Lipinski definition) is 0. The lowest BCUT2D eigenvalue weighted by Gasteiger charge is -2.34. The van der Waals surface area contributed by atoms with E-state index in [0.717, 1.165) is 19.3 Å². The van der Waals surface area contributed by atoms with Crippen LogP contribution in [0.1, 0.15) is 39.5 Å². The number of ether oxygens (including phenoxy) is 1. The summed E-state index contributed by atoms with van der Waals surface area (Å²) in [5, 5.41) is 0. The molecular formula is C10H18O2. The van der Waals surface area contributed by atoms with Gasteiger partial charge in [-0.2, -0.15) is 0 Å². The predicted molar refractivity (Wildman–Crippen MR) is 47.8 cm³/mol. The molecule has 0 heterocycles. The molecule has 1 aliphatic carbocycles. The van der Waals surface area contributed by atoms with Crippen LogP contribution in [-0.2, 0) is 9.53 Å². The zero-order valence-electron chi connectivity index (χ0n) is 8.22. The number of hydrogen-bond acceptors (Lipinski definition) is 2. The molecule has 0 aromatic carbocycles. The maximum absolute atomic E-state index is 11.4. The van der Waals surface area contributed by atoms with Crippen molar-refractivity contribution >= 4 is 5.97 Å². The molecule has 0 unspecified atom stereocenters. The van der Waals surface area contributed by atoms with Crippen molar-refractivity contribution in [2.75, 3.05) is 7.11 Å². The standard InChI is InChI=1S/C10H18O2/c1-8-5-4-6-10(2,7-8)9(11)12-3/h8H,4-7H2,1-3H3/t8-,10+/m1/s1. The zero-order valence-corrected chi connectivity index (χ0v) is 8.22. The summed E-state index contributed by atoms with van der Waals surface area (Å²) in [5.74, 6) is 0.636. The van der Waals surface area contributed by atoms with Crippen LogP contribution in [0.15, 0.2) is 0 Å². The molecule has 1 aliphatic rings. The maximum atomic E-state index is 11.4. The molecule has 2 heteroatoms. The molecule has 0 aromatic heterocycles. The van der Waals surface area contributed by atoms with Gasteiger partial charge in [0.15, 0.2) is 0 Å². The largest absolute Gasteiger partial charge is 0.469 e. The lowest BCUT2D eigenvalue weighted by molar-refractivity contribution is -0.154. The van der Waals surface area contributed by atoms with Crippen molar-refractivity contribution in [2.45, 2.75) is 39.5 Å². The summed E-state index contributed by atoms with van der Waals surface area (Å²) < 4.78 is 4.80. The second kappa shape index (κ2) is 3.46. The Morgan fingerprint density at radius 3 is 2.75 bits per heavy atom. The van der Waals surface area contributed by atoms with Crippen molar-refractivity contribution in [3.63, 3.8) is 0 Å². The topological polar surface area (TPSA) is 26.3 Å². The Kier molecular flexibility index (Phi) is 2.76. The van der Waals surface area contributed by atoms with E-state index in [4.69, 9.17) is 4.74 Å². The molecule has 0 N–H and O–H groups in total. The van der Waals surface area contributed by atoms with E-state index in [2.05, 4.69) is 6.92 Å². The van der Waals surface area contributed by atoms with Crippen LogP contribution in [0.3, 0.4) is 0 Å². The van der Waals surface area contributed by atoms with Gasteiger partial charge in [-0.15, -0.1) is 0 Å². The minimum Gasteiger partial charge on any atom is -0.469 e. The Bertz CT molecular complexity index is 177. The van der Waals surface area contributed by atoms with Gasteiger partial charge in [0.25, 0.3) is 0 Å². The van der Waals surface area contributed by atoms with Gasteiger partial charge in [-0.25, -0.2) is 0 Å². The Morgan fingerprint density at radius 1 is 1.58 bits per heavy atom. The van der Waals surface area contributed by atoms with Crippen molar-refractivity contribution in [3.05, 3.63) is 0 Å². The van der Waals surface area contributed by atoms with E-state index < -0.39 is 0 Å². The molecule has 70 valence electrons. The van der Waals surface area contributed by atoms with E-state index in [9.17, 15) is 4.79 Å². The third-order valence-corrected chi connectivity index (χ3v) is 2.90. The van der Waals surface area contributed by atoms with Gasteiger partial charge >= 0.3 is 5.97 Å². The highest BCUT2D eigenvalue weighted by Crippen LogP contribution is 2.39. The minimum atomic E-state index is -0.202. The smallest absolute Gasteiger partial charge is 0.311 e. The maximum Gasteiger partial charge on any atom is 0.311 e. The van der Waals surface area contributed by atoms with Crippen LogP contribution in [0, 0.1) is 11.3 Å². The summed E-state index contributed by atoms with van der Waals surface area (Å²) in [7, 11) is 1.48. The molecule has 1 fully saturated rings. The van der Waals surface area contributed by atoms with Gasteiger partial charge in [0.05, 0.1) is 12.5 Å². The fourth-order valence-corrected chi connectivity index (χ4v) is 2.25. The van der Waals surface area contributed by atoms with Crippen LogP contribution in [0.2, 0.25) is 0 Å². The van der Waals surface area contributed by atoms with Crippen LogP contribution in [-0.4, -0.2) is 13.1 Å². The van der Waals surface area contributed by atoms with E-state index in [0.29, 0.717) is 5.92 Å². The van der Waals surface area contributed by atoms with Crippen LogP contribution in [0.25, 0.3) is 0 Å². The summed E-state index contributed by atoms with van der Waals surface area (Å²) in [6.45, 7) is 4.23. The van der Waals surface area contributed by atoms with Gasteiger partial charge < -0.3 is 4.74 Å². The number of carbonyl (C=O) groups is 1. The molecule has 0 bridgehead atoms. The first-order valence-electron chi connectivity index (χ1n) is 4.67. The average Bonchev–Trinajstić information content (AvgIpc) is 2.02. The van der Waals surface area contributed by atoms with Crippen molar-refractivity contribution in [1.29, 1.82) is 0 Å². The third kappa shape index (κ3) is 1.79. The average molecular weight is 170 g/mol. The Hall–Kier alpha value is -0.530. The minimum absolute atomic E-state index is 0.0333. The monoisotopic (exact) mass is 170 g/mol. The van der Waals surface area contributed by atoms with Crippen molar-refractivity contribution in [3.8, 4) is 0 Å². The molecule has 1 rings (SSSR count). The van der Waals surface area contributed by atoms with Gasteiger partial charge in [0.2, 0.25) is 0 Å². The van der Waals surface area contributed by atoms with Gasteiger partial charge in [-0.05, 0) is 25.7 Å². The summed E-state index contributed by atoms with van der Waals surface area (Å²) in [6.07, 6.45) is 4.39. The summed E-state index contributed by atoms with van der Waals surface area (Å²) in [6, 6.07) is 0. The van der Waals surface area contributed by atoms with E-state index in [1.165, 1.54) is 13.5 Å². The van der Waals surface area contributed by atoms with Crippen LogP contribution in [0.4, 0.5) is 0 Å². The highest BCUT2D eigenvalue weighted by atomic mass is 16.5. The predicted octanol–water partition coefficient (Wildman–Crippen LogP) is 2.38. The SMILES string of the molecule is COC(=O)[C@@]1(C)CCC[C@@H](C)C1. The van der Waals surface area contributed by atoms with E-state index in [1.807, 2.05) is 6.92 Å². The van der Waals surface area contributed by atoms with Crippen molar-refractivity contribution in [2.24, 2.45) is 11.3 Å². The number of methoxy groups -OCH3 is 1. The van der Waals surface area contributed by atoms with Crippen LogP contribution < -0.4 is 0 Å². The fraction of sp³-hybridized carbons (Fsp3) is 0.900. The number of rotatable bonds is 1. The summed E-state index contributed by atoms with van der Waals surface area (Å²) in [4.78, 5) is 11.4. The van der Waals surface area contributed by atoms with Crippen LogP contribution >= 0.6 is 0 Å². The molecule has 0 amide bonds. The number of carbonyl (C=O) groups excluding carboxylic acids is 1. The van der Waals surface area contributed by atoms with Gasteiger partial charge in [-0.1, -0.05) is 19.8 Å². The molecule has 0 aromatic rings. The van der Waals surface area contributed by atoms with Gasteiger partial charge in [0.1, 0.15) is 0 Å². The normalized spacial score (nSPS) is 36.1. The van der Waals surface area contributed by atoms with Crippen molar-refractivity contribution < 1.29 is 9.53 Å². The first-order chi connectivity index (χ1) is 5.58. The van der Waals surface area contributed by atoms with Gasteiger partial charge in [-0.3, -0.25) is 4.79 Å². The first kappa shape index (κ1) is 9.56. The summed E-state index contributed by atoms with van der Waals surface area (Å²) in [5.41, 5.74) is -0.202. The summed E-state index contributed by atoms with van der Waals surface area (Å²) >= 11 is 0. The Balaban J connectivity index is 2.63. The lowest BCUT2D eigenvalue weighted by atomic mass is 9.71. The lowest BCUT2D eigenvalue weighted by Crippen LogP contribution is -2.33. The Labute approximate surface area is 74.3 Å². The Morgan fingerprint density at radius 2 is 2.25 bits per heavy atom. The highest BCUT2D eigenvalue weighted by Gasteiger charge is 2.37. The second-order valence-electron chi connectivity index (χ2n) is 4.25. The first-order valence-corrected chi connectivity index (χ1v) is 4.67. The molecule has 0 saturated heterocycles. The quantitative estimate of drug-likeness (QED) is 0.565. The molecular weight excluding hydrogens is 152 g/mol. The van der Waals surface area contributed by atoms with E-state index in [1.54, 1.807) is 0 Å². The fourth-order valence-electron chi connectivity index (χ4n) is 2.25. The van der Waals surface area contributed by atoms with E-state index >= 15 is 0 Å². The molecule has 0 aliphatic heterocycles. The molecule has 12 heavy (non-hydrogen) atoms. The number of esters is 1. The zero-order chi connectivity index (χ0) is 9.19. The molecule has 0 radical (unpaired) electrons.